The SMILES string of the molecule is O=C1CCC[C@H]2[C@@H]3C[C@H](CN(c4nc5ccccc5o4)C3)CN12. The van der Waals surface area contributed by atoms with Gasteiger partial charge in [-0.05, 0) is 43.2 Å². The molecule has 3 aliphatic heterocycles. The van der Waals surface area contributed by atoms with Gasteiger partial charge < -0.3 is 14.2 Å². The first-order valence-electron chi connectivity index (χ1n) is 8.68. The predicted octanol–water partition coefficient (Wildman–Crippen LogP) is 2.67. The van der Waals surface area contributed by atoms with Gasteiger partial charge in [-0.2, -0.15) is 4.98 Å². The molecular weight excluding hydrogens is 290 g/mol. The Bertz CT molecular complexity index is 723. The van der Waals surface area contributed by atoms with Crippen molar-refractivity contribution in [3.63, 3.8) is 0 Å². The van der Waals surface area contributed by atoms with E-state index in [2.05, 4.69) is 14.8 Å². The molecule has 120 valence electrons. The molecule has 0 N–H and O–H groups in total. The Hall–Kier alpha value is -2.04. The lowest BCUT2D eigenvalue weighted by atomic mass is 9.76. The summed E-state index contributed by atoms with van der Waals surface area (Å²) in [5.41, 5.74) is 1.78. The van der Waals surface area contributed by atoms with E-state index in [1.807, 2.05) is 24.3 Å². The highest BCUT2D eigenvalue weighted by Gasteiger charge is 2.44. The number of anilines is 1. The van der Waals surface area contributed by atoms with Crippen molar-refractivity contribution in [2.24, 2.45) is 11.8 Å². The van der Waals surface area contributed by atoms with E-state index in [-0.39, 0.29) is 0 Å². The van der Waals surface area contributed by atoms with Crippen molar-refractivity contribution in [3.05, 3.63) is 24.3 Å². The van der Waals surface area contributed by atoms with Gasteiger partial charge in [0.05, 0.1) is 0 Å². The highest BCUT2D eigenvalue weighted by molar-refractivity contribution is 5.77. The summed E-state index contributed by atoms with van der Waals surface area (Å²) in [4.78, 5) is 21.3. The van der Waals surface area contributed by atoms with Crippen LogP contribution in [0.1, 0.15) is 25.7 Å². The van der Waals surface area contributed by atoms with Crippen molar-refractivity contribution >= 4 is 23.0 Å². The highest BCUT2D eigenvalue weighted by atomic mass is 16.4. The maximum atomic E-state index is 12.2. The van der Waals surface area contributed by atoms with Gasteiger partial charge in [0.15, 0.2) is 5.58 Å². The van der Waals surface area contributed by atoms with E-state index < -0.39 is 0 Å². The van der Waals surface area contributed by atoms with Crippen LogP contribution >= 0.6 is 0 Å². The van der Waals surface area contributed by atoms with Gasteiger partial charge in [0.1, 0.15) is 5.52 Å². The zero-order chi connectivity index (χ0) is 15.4. The molecule has 1 aromatic heterocycles. The van der Waals surface area contributed by atoms with E-state index in [1.165, 1.54) is 6.42 Å². The molecule has 3 atom stereocenters. The van der Waals surface area contributed by atoms with Crippen molar-refractivity contribution in [2.75, 3.05) is 24.5 Å². The number of fused-ring (bicyclic) bond motifs is 5. The normalized spacial score (nSPS) is 30.6. The number of oxazole rings is 1. The summed E-state index contributed by atoms with van der Waals surface area (Å²) < 4.78 is 5.96. The van der Waals surface area contributed by atoms with Gasteiger partial charge >= 0.3 is 0 Å². The van der Waals surface area contributed by atoms with Crippen LogP contribution in [0.5, 0.6) is 0 Å². The summed E-state index contributed by atoms with van der Waals surface area (Å²) in [5, 5.41) is 0. The van der Waals surface area contributed by atoms with Gasteiger partial charge in [-0.25, -0.2) is 0 Å². The van der Waals surface area contributed by atoms with E-state index >= 15 is 0 Å². The van der Waals surface area contributed by atoms with Crippen LogP contribution < -0.4 is 4.90 Å². The maximum Gasteiger partial charge on any atom is 0.298 e. The van der Waals surface area contributed by atoms with E-state index in [9.17, 15) is 4.79 Å². The molecule has 0 saturated carbocycles. The van der Waals surface area contributed by atoms with Crippen molar-refractivity contribution in [2.45, 2.75) is 31.7 Å². The predicted molar refractivity (Wildman–Crippen MR) is 87.2 cm³/mol. The lowest BCUT2D eigenvalue weighted by Gasteiger charge is -2.52. The molecule has 3 fully saturated rings. The first-order chi connectivity index (χ1) is 11.3. The average Bonchev–Trinajstić information content (AvgIpc) is 3.00. The van der Waals surface area contributed by atoms with Crippen LogP contribution in [-0.2, 0) is 4.79 Å². The van der Waals surface area contributed by atoms with E-state index in [4.69, 9.17) is 4.42 Å². The minimum Gasteiger partial charge on any atom is -0.423 e. The topological polar surface area (TPSA) is 49.6 Å². The number of rotatable bonds is 1. The van der Waals surface area contributed by atoms with Gasteiger partial charge in [-0.15, -0.1) is 0 Å². The zero-order valence-corrected chi connectivity index (χ0v) is 13.1. The fourth-order valence-electron chi connectivity index (χ4n) is 4.76. The number of benzene rings is 1. The first kappa shape index (κ1) is 13.4. The lowest BCUT2D eigenvalue weighted by molar-refractivity contribution is -0.142. The Labute approximate surface area is 135 Å². The molecule has 23 heavy (non-hydrogen) atoms. The number of piperidine rings is 3. The van der Waals surface area contributed by atoms with Crippen molar-refractivity contribution in [3.8, 4) is 0 Å². The molecule has 0 unspecified atom stereocenters. The minimum atomic E-state index is 0.367. The Morgan fingerprint density at radius 1 is 1.17 bits per heavy atom. The number of nitrogens with zero attached hydrogens (tertiary/aromatic N) is 3. The molecule has 0 spiro atoms. The molecule has 5 heteroatoms. The summed E-state index contributed by atoms with van der Waals surface area (Å²) in [6.45, 7) is 2.81. The number of hydrogen-bond donors (Lipinski definition) is 0. The summed E-state index contributed by atoms with van der Waals surface area (Å²) in [5.74, 6) is 1.47. The minimum absolute atomic E-state index is 0.367. The van der Waals surface area contributed by atoms with Gasteiger partial charge in [0.25, 0.3) is 6.01 Å². The second-order valence-corrected chi connectivity index (χ2v) is 7.24. The Morgan fingerprint density at radius 3 is 3.00 bits per heavy atom. The second kappa shape index (κ2) is 4.98. The molecular formula is C18H21N3O2. The molecule has 3 saturated heterocycles. The fourth-order valence-corrected chi connectivity index (χ4v) is 4.76. The summed E-state index contributed by atoms with van der Waals surface area (Å²) in [7, 11) is 0. The smallest absolute Gasteiger partial charge is 0.298 e. The monoisotopic (exact) mass is 311 g/mol. The number of carbonyl (C=O) groups excluding carboxylic acids is 1. The quantitative estimate of drug-likeness (QED) is 0.812. The maximum absolute atomic E-state index is 12.2. The third-order valence-electron chi connectivity index (χ3n) is 5.73. The summed E-state index contributed by atoms with van der Waals surface area (Å²) in [6, 6.07) is 9.11. The highest BCUT2D eigenvalue weighted by Crippen LogP contribution is 2.39. The van der Waals surface area contributed by atoms with Gasteiger partial charge in [0, 0.05) is 32.1 Å². The average molecular weight is 311 g/mol. The molecule has 5 nitrogen and oxygen atoms in total. The number of hydrogen-bond acceptors (Lipinski definition) is 4. The molecule has 0 aliphatic carbocycles. The van der Waals surface area contributed by atoms with Crippen molar-refractivity contribution in [1.29, 1.82) is 0 Å². The second-order valence-electron chi connectivity index (χ2n) is 7.24. The Morgan fingerprint density at radius 2 is 2.09 bits per heavy atom. The van der Waals surface area contributed by atoms with E-state index in [1.54, 1.807) is 0 Å². The van der Waals surface area contributed by atoms with Crippen LogP contribution in [0.2, 0.25) is 0 Å². The van der Waals surface area contributed by atoms with Crippen LogP contribution in [-0.4, -0.2) is 41.5 Å². The number of amides is 1. The van der Waals surface area contributed by atoms with Gasteiger partial charge in [0.2, 0.25) is 5.91 Å². The molecule has 5 rings (SSSR count). The number of para-hydroxylation sites is 2. The number of aromatic nitrogens is 1. The molecule has 2 aromatic rings. The molecule has 3 aliphatic rings. The van der Waals surface area contributed by atoms with Crippen LogP contribution in [0.15, 0.2) is 28.7 Å². The first-order valence-corrected chi connectivity index (χ1v) is 8.68. The summed E-state index contributed by atoms with van der Waals surface area (Å²) >= 11 is 0. The van der Waals surface area contributed by atoms with Crippen molar-refractivity contribution in [1.82, 2.24) is 9.88 Å². The molecule has 4 heterocycles. The third-order valence-corrected chi connectivity index (χ3v) is 5.73. The molecule has 1 aromatic carbocycles. The van der Waals surface area contributed by atoms with E-state index in [0.29, 0.717) is 23.8 Å². The Kier molecular flexibility index (Phi) is 2.90. The third kappa shape index (κ3) is 2.13. The zero-order valence-electron chi connectivity index (χ0n) is 13.1. The van der Waals surface area contributed by atoms with Crippen LogP contribution in [0.25, 0.3) is 11.1 Å². The standard InChI is InChI=1S/C18H21N3O2/c22-17-7-3-5-15-13-8-12(10-21(15)17)9-20(11-13)18-19-14-4-1-2-6-16(14)23-18/h1-2,4,6,12-13,15H,3,5,7-11H2/t12-,13-,15+/m1/s1. The van der Waals surface area contributed by atoms with Crippen molar-refractivity contribution < 1.29 is 9.21 Å². The molecule has 0 radical (unpaired) electrons. The lowest BCUT2D eigenvalue weighted by Crippen LogP contribution is -2.60. The van der Waals surface area contributed by atoms with Gasteiger partial charge in [-0.3, -0.25) is 4.79 Å². The van der Waals surface area contributed by atoms with Crippen LogP contribution in [0.3, 0.4) is 0 Å². The number of carbonyl (C=O) groups is 1. The Balaban J connectivity index is 1.43. The van der Waals surface area contributed by atoms with E-state index in [0.717, 1.165) is 56.0 Å². The van der Waals surface area contributed by atoms with Gasteiger partial charge in [-0.1, -0.05) is 12.1 Å². The molecule has 1 amide bonds. The fraction of sp³-hybridized carbons (Fsp3) is 0.556. The largest absolute Gasteiger partial charge is 0.423 e. The molecule has 2 bridgehead atoms. The van der Waals surface area contributed by atoms with Crippen LogP contribution in [0.4, 0.5) is 6.01 Å². The summed E-state index contributed by atoms with van der Waals surface area (Å²) in [6.07, 6.45) is 4.19. The van der Waals surface area contributed by atoms with Crippen LogP contribution in [0, 0.1) is 11.8 Å².